The van der Waals surface area contributed by atoms with Crippen molar-refractivity contribution in [2.24, 2.45) is 0 Å². The molecule has 2 heterocycles. The van der Waals surface area contributed by atoms with E-state index in [1.807, 2.05) is 10.8 Å². The molecule has 16 heavy (non-hydrogen) atoms. The highest BCUT2D eigenvalue weighted by atomic mass is 16.1. The van der Waals surface area contributed by atoms with Crippen molar-refractivity contribution in [1.82, 2.24) is 14.0 Å². The average Bonchev–Trinajstić information content (AvgIpc) is 2.62. The van der Waals surface area contributed by atoms with E-state index in [4.69, 9.17) is 5.73 Å². The maximum absolute atomic E-state index is 11.6. The summed E-state index contributed by atoms with van der Waals surface area (Å²) < 4.78 is 3.48. The van der Waals surface area contributed by atoms with Crippen LogP contribution in [0.4, 0.5) is 5.82 Å². The lowest BCUT2D eigenvalue weighted by atomic mass is 10.2. The van der Waals surface area contributed by atoms with Crippen molar-refractivity contribution >= 4 is 11.6 Å². The Morgan fingerprint density at radius 3 is 2.94 bits per heavy atom. The third-order valence-corrected chi connectivity index (χ3v) is 2.61. The summed E-state index contributed by atoms with van der Waals surface area (Å²) in [4.78, 5) is 15.8. The van der Waals surface area contributed by atoms with Crippen LogP contribution in [0.3, 0.4) is 0 Å². The molecular weight excluding hydrogens is 204 g/mol. The van der Waals surface area contributed by atoms with Crippen molar-refractivity contribution in [2.75, 3.05) is 5.73 Å². The van der Waals surface area contributed by atoms with Gasteiger partial charge in [0.25, 0.3) is 5.56 Å². The number of hydrogen-bond donors (Lipinski definition) is 1. The Morgan fingerprint density at radius 1 is 1.38 bits per heavy atom. The number of imidazole rings is 1. The second kappa shape index (κ2) is 4.38. The fourth-order valence-corrected chi connectivity index (χ4v) is 1.76. The van der Waals surface area contributed by atoms with Crippen molar-refractivity contribution in [3.63, 3.8) is 0 Å². The van der Waals surface area contributed by atoms with Crippen LogP contribution < -0.4 is 11.3 Å². The number of rotatable bonds is 4. The molecule has 2 aromatic rings. The van der Waals surface area contributed by atoms with Gasteiger partial charge in [-0.15, -0.1) is 0 Å². The van der Waals surface area contributed by atoms with E-state index < -0.39 is 0 Å². The lowest BCUT2D eigenvalue weighted by Gasteiger charge is -2.03. The highest BCUT2D eigenvalue weighted by Gasteiger charge is 2.04. The van der Waals surface area contributed by atoms with Crippen LogP contribution in [-0.2, 0) is 6.54 Å². The zero-order valence-electron chi connectivity index (χ0n) is 9.39. The van der Waals surface area contributed by atoms with E-state index in [0.29, 0.717) is 5.78 Å². The van der Waals surface area contributed by atoms with Gasteiger partial charge in [-0.1, -0.05) is 19.8 Å². The predicted octanol–water partition coefficient (Wildman–Crippen LogP) is 1.27. The summed E-state index contributed by atoms with van der Waals surface area (Å²) in [7, 11) is 0. The van der Waals surface area contributed by atoms with Crippen LogP contribution >= 0.6 is 0 Å². The van der Waals surface area contributed by atoms with Gasteiger partial charge in [0.2, 0.25) is 5.78 Å². The Kier molecular flexibility index (Phi) is 2.94. The van der Waals surface area contributed by atoms with Crippen molar-refractivity contribution < 1.29 is 0 Å². The van der Waals surface area contributed by atoms with E-state index in [2.05, 4.69) is 11.9 Å². The number of hydrogen-bond acceptors (Lipinski definition) is 3. The van der Waals surface area contributed by atoms with Gasteiger partial charge in [-0.25, -0.2) is 0 Å². The van der Waals surface area contributed by atoms with Crippen LogP contribution in [0, 0.1) is 0 Å². The largest absolute Gasteiger partial charge is 0.383 e. The van der Waals surface area contributed by atoms with Crippen LogP contribution in [0.15, 0.2) is 23.3 Å². The topological polar surface area (TPSA) is 65.3 Å². The van der Waals surface area contributed by atoms with Crippen molar-refractivity contribution in [2.45, 2.75) is 32.7 Å². The summed E-state index contributed by atoms with van der Waals surface area (Å²) in [6.45, 7) is 3.04. The predicted molar refractivity (Wildman–Crippen MR) is 63.4 cm³/mol. The van der Waals surface area contributed by atoms with Gasteiger partial charge in [-0.05, 0) is 6.42 Å². The van der Waals surface area contributed by atoms with Gasteiger partial charge >= 0.3 is 0 Å². The molecule has 5 heteroatoms. The monoisotopic (exact) mass is 220 g/mol. The molecule has 0 aliphatic rings. The fraction of sp³-hybridized carbons (Fsp3) is 0.455. The zero-order chi connectivity index (χ0) is 11.5. The first kappa shape index (κ1) is 10.7. The van der Waals surface area contributed by atoms with E-state index in [-0.39, 0.29) is 11.4 Å². The quantitative estimate of drug-likeness (QED) is 0.789. The number of nitrogens with zero attached hydrogens (tertiary/aromatic N) is 3. The molecule has 0 aromatic carbocycles. The molecule has 2 aromatic heterocycles. The molecule has 86 valence electrons. The molecule has 2 rings (SSSR count). The number of anilines is 1. The first-order valence-electron chi connectivity index (χ1n) is 5.56. The van der Waals surface area contributed by atoms with Gasteiger partial charge in [0.1, 0.15) is 5.82 Å². The Hall–Kier alpha value is -1.78. The number of aryl methyl sites for hydroxylation is 1. The number of aromatic nitrogens is 3. The number of nitrogen functional groups attached to an aromatic ring is 1. The lowest BCUT2D eigenvalue weighted by Crippen LogP contribution is -2.15. The second-order valence-electron chi connectivity index (χ2n) is 3.89. The number of fused-ring (bicyclic) bond motifs is 1. The van der Waals surface area contributed by atoms with E-state index in [1.165, 1.54) is 23.3 Å². The Bertz CT molecular complexity index is 540. The van der Waals surface area contributed by atoms with E-state index in [1.54, 1.807) is 6.20 Å². The molecule has 0 aliphatic carbocycles. The van der Waals surface area contributed by atoms with E-state index >= 15 is 0 Å². The van der Waals surface area contributed by atoms with Crippen molar-refractivity contribution in [3.05, 3.63) is 28.8 Å². The van der Waals surface area contributed by atoms with E-state index in [9.17, 15) is 4.79 Å². The maximum Gasteiger partial charge on any atom is 0.261 e. The molecule has 0 amide bonds. The minimum atomic E-state index is -0.128. The molecule has 0 saturated heterocycles. The SMILES string of the molecule is CCCCCn1ccn2c(=O)cc(N)nc12. The van der Waals surface area contributed by atoms with Gasteiger partial charge in [0, 0.05) is 25.0 Å². The lowest BCUT2D eigenvalue weighted by molar-refractivity contribution is 0.610. The summed E-state index contributed by atoms with van der Waals surface area (Å²) in [5, 5.41) is 0. The minimum Gasteiger partial charge on any atom is -0.383 e. The molecule has 0 aliphatic heterocycles. The molecule has 2 N–H and O–H groups in total. The molecule has 0 saturated carbocycles. The standard InChI is InChI=1S/C11H16N4O/c1-2-3-4-5-14-6-7-15-10(16)8-9(12)13-11(14)15/h6-8H,2-5,12H2,1H3. The Balaban J connectivity index is 2.36. The Labute approximate surface area is 93.5 Å². The summed E-state index contributed by atoms with van der Waals surface area (Å²) in [6, 6.07) is 1.34. The molecule has 0 atom stereocenters. The third kappa shape index (κ3) is 1.93. The van der Waals surface area contributed by atoms with Gasteiger partial charge in [0.05, 0.1) is 0 Å². The molecule has 0 bridgehead atoms. The van der Waals surface area contributed by atoms with Crippen LogP contribution in [0.5, 0.6) is 0 Å². The normalized spacial score (nSPS) is 11.1. The summed E-state index contributed by atoms with van der Waals surface area (Å²) >= 11 is 0. The first-order chi connectivity index (χ1) is 7.72. The van der Waals surface area contributed by atoms with Crippen LogP contribution in [0.2, 0.25) is 0 Å². The molecule has 0 unspecified atom stereocenters. The van der Waals surface area contributed by atoms with Gasteiger partial charge < -0.3 is 10.3 Å². The third-order valence-electron chi connectivity index (χ3n) is 2.61. The molecule has 0 radical (unpaired) electrons. The minimum absolute atomic E-state index is 0.128. The van der Waals surface area contributed by atoms with Crippen LogP contribution in [-0.4, -0.2) is 14.0 Å². The molecule has 0 fully saturated rings. The number of unbranched alkanes of at least 4 members (excludes halogenated alkanes) is 2. The van der Waals surface area contributed by atoms with Crippen LogP contribution in [0.1, 0.15) is 26.2 Å². The average molecular weight is 220 g/mol. The molecule has 5 nitrogen and oxygen atoms in total. The van der Waals surface area contributed by atoms with Crippen molar-refractivity contribution in [3.8, 4) is 0 Å². The van der Waals surface area contributed by atoms with Crippen LogP contribution in [0.25, 0.3) is 5.78 Å². The maximum atomic E-state index is 11.6. The summed E-state index contributed by atoms with van der Waals surface area (Å²) in [5.74, 6) is 0.904. The highest BCUT2D eigenvalue weighted by molar-refractivity contribution is 5.39. The van der Waals surface area contributed by atoms with Gasteiger partial charge in [-0.3, -0.25) is 9.20 Å². The highest BCUT2D eigenvalue weighted by Crippen LogP contribution is 2.05. The molecule has 0 spiro atoms. The zero-order valence-corrected chi connectivity index (χ0v) is 9.39. The van der Waals surface area contributed by atoms with Gasteiger partial charge in [0.15, 0.2) is 0 Å². The summed E-state index contributed by atoms with van der Waals surface area (Å²) in [5.41, 5.74) is 5.44. The smallest absolute Gasteiger partial charge is 0.261 e. The first-order valence-corrected chi connectivity index (χ1v) is 5.56. The Morgan fingerprint density at radius 2 is 2.19 bits per heavy atom. The van der Waals surface area contributed by atoms with Gasteiger partial charge in [-0.2, -0.15) is 4.98 Å². The summed E-state index contributed by atoms with van der Waals surface area (Å²) in [6.07, 6.45) is 7.05. The van der Waals surface area contributed by atoms with Crippen molar-refractivity contribution in [1.29, 1.82) is 0 Å². The number of nitrogens with two attached hydrogens (primary N) is 1. The molecular formula is C11H16N4O. The second-order valence-corrected chi connectivity index (χ2v) is 3.89. The fourth-order valence-electron chi connectivity index (χ4n) is 1.76. The van der Waals surface area contributed by atoms with E-state index in [0.717, 1.165) is 13.0 Å².